The Hall–Kier alpha value is -1.13. The highest BCUT2D eigenvalue weighted by Crippen LogP contribution is 2.21. The van der Waals surface area contributed by atoms with Crippen LogP contribution in [0.1, 0.15) is 44.3 Å². The highest BCUT2D eigenvalue weighted by atomic mass is 32.1. The van der Waals surface area contributed by atoms with Gasteiger partial charge in [0.15, 0.2) is 0 Å². The van der Waals surface area contributed by atoms with Crippen molar-refractivity contribution in [3.8, 4) is 0 Å². The van der Waals surface area contributed by atoms with E-state index in [2.05, 4.69) is 24.2 Å². The zero-order chi connectivity index (χ0) is 13.1. The van der Waals surface area contributed by atoms with E-state index in [4.69, 9.17) is 11.5 Å². The van der Waals surface area contributed by atoms with Crippen LogP contribution in [0.25, 0.3) is 5.70 Å². The molecule has 0 aliphatic carbocycles. The van der Waals surface area contributed by atoms with Gasteiger partial charge >= 0.3 is 0 Å². The lowest BCUT2D eigenvalue weighted by Crippen LogP contribution is -2.28. The van der Waals surface area contributed by atoms with E-state index in [9.17, 15) is 0 Å². The van der Waals surface area contributed by atoms with Crippen LogP contribution in [0.15, 0.2) is 23.6 Å². The molecule has 0 saturated carbocycles. The number of allylic oxidation sites excluding steroid dienone is 2. The molecule has 0 saturated heterocycles. The molecule has 0 bridgehead atoms. The van der Waals surface area contributed by atoms with Gasteiger partial charge in [0, 0.05) is 10.9 Å². The van der Waals surface area contributed by atoms with Crippen LogP contribution in [0.2, 0.25) is 0 Å². The molecule has 1 aromatic rings. The fourth-order valence-corrected chi connectivity index (χ4v) is 2.07. The maximum absolute atomic E-state index is 5.95. The standard InChI is InChI=1S/C13H21N3S/c1-9(2)11-8-17-12(16-11)10(14)6-5-7-13(3,4)15/h5-9H,14-15H2,1-4H3/b7-5-,10-6-. The van der Waals surface area contributed by atoms with Gasteiger partial charge in [0.05, 0.1) is 11.4 Å². The molecule has 0 aromatic carbocycles. The monoisotopic (exact) mass is 251 g/mol. The van der Waals surface area contributed by atoms with Crippen molar-refractivity contribution in [1.82, 2.24) is 4.98 Å². The van der Waals surface area contributed by atoms with Gasteiger partial charge in [0.1, 0.15) is 5.01 Å². The Morgan fingerprint density at radius 3 is 2.59 bits per heavy atom. The van der Waals surface area contributed by atoms with Gasteiger partial charge in [-0.05, 0) is 25.8 Å². The first-order chi connectivity index (χ1) is 7.79. The molecule has 0 unspecified atom stereocenters. The summed E-state index contributed by atoms with van der Waals surface area (Å²) >= 11 is 1.57. The van der Waals surface area contributed by atoms with Crippen LogP contribution in [0.5, 0.6) is 0 Å². The predicted octanol–water partition coefficient (Wildman–Crippen LogP) is 2.86. The third-order valence-electron chi connectivity index (χ3n) is 2.16. The molecule has 3 nitrogen and oxygen atoms in total. The highest BCUT2D eigenvalue weighted by Gasteiger charge is 2.07. The maximum Gasteiger partial charge on any atom is 0.139 e. The van der Waals surface area contributed by atoms with E-state index in [0.29, 0.717) is 11.6 Å². The summed E-state index contributed by atoms with van der Waals surface area (Å²) in [5, 5.41) is 2.92. The van der Waals surface area contributed by atoms with Gasteiger partial charge in [0.2, 0.25) is 0 Å². The molecule has 1 aromatic heterocycles. The summed E-state index contributed by atoms with van der Waals surface area (Å²) in [6, 6.07) is 0. The molecule has 1 rings (SSSR count). The van der Waals surface area contributed by atoms with Crippen LogP contribution in [0.4, 0.5) is 0 Å². The topological polar surface area (TPSA) is 64.9 Å². The second-order valence-electron chi connectivity index (χ2n) is 5.03. The van der Waals surface area contributed by atoms with Gasteiger partial charge in [-0.2, -0.15) is 0 Å². The average molecular weight is 251 g/mol. The average Bonchev–Trinajstić information content (AvgIpc) is 2.63. The minimum Gasteiger partial charge on any atom is -0.396 e. The van der Waals surface area contributed by atoms with Gasteiger partial charge in [-0.15, -0.1) is 11.3 Å². The number of nitrogens with zero attached hydrogens (tertiary/aromatic N) is 1. The van der Waals surface area contributed by atoms with Gasteiger partial charge in [-0.3, -0.25) is 0 Å². The largest absolute Gasteiger partial charge is 0.396 e. The normalized spacial score (nSPS) is 13.9. The molecule has 4 N–H and O–H groups in total. The highest BCUT2D eigenvalue weighted by molar-refractivity contribution is 7.10. The number of hydrogen-bond donors (Lipinski definition) is 2. The Balaban J connectivity index is 2.78. The number of hydrogen-bond acceptors (Lipinski definition) is 4. The minimum atomic E-state index is -0.317. The van der Waals surface area contributed by atoms with E-state index < -0.39 is 0 Å². The second kappa shape index (κ2) is 5.47. The predicted molar refractivity (Wildman–Crippen MR) is 75.8 cm³/mol. The van der Waals surface area contributed by atoms with Crippen LogP contribution >= 0.6 is 11.3 Å². The Morgan fingerprint density at radius 2 is 2.12 bits per heavy atom. The first-order valence-electron chi connectivity index (χ1n) is 5.69. The molecule has 0 aliphatic rings. The van der Waals surface area contributed by atoms with Gasteiger partial charge < -0.3 is 11.5 Å². The van der Waals surface area contributed by atoms with Crippen molar-refractivity contribution in [1.29, 1.82) is 0 Å². The Kier molecular flexibility index (Phi) is 4.48. The summed E-state index contributed by atoms with van der Waals surface area (Å²) in [4.78, 5) is 4.48. The number of thiazole rings is 1. The molecule has 0 radical (unpaired) electrons. The molecule has 0 amide bonds. The first-order valence-corrected chi connectivity index (χ1v) is 6.57. The summed E-state index contributed by atoms with van der Waals surface area (Å²) in [7, 11) is 0. The van der Waals surface area contributed by atoms with Crippen molar-refractivity contribution in [2.75, 3.05) is 0 Å². The maximum atomic E-state index is 5.95. The van der Waals surface area contributed by atoms with Crippen LogP contribution in [0.3, 0.4) is 0 Å². The Labute approximate surface area is 107 Å². The van der Waals surface area contributed by atoms with Gasteiger partial charge in [-0.1, -0.05) is 26.0 Å². The van der Waals surface area contributed by atoms with E-state index in [0.717, 1.165) is 10.7 Å². The Morgan fingerprint density at radius 1 is 1.47 bits per heavy atom. The molecule has 94 valence electrons. The van der Waals surface area contributed by atoms with Gasteiger partial charge in [0.25, 0.3) is 0 Å². The van der Waals surface area contributed by atoms with Crippen molar-refractivity contribution in [2.24, 2.45) is 11.5 Å². The third kappa shape index (κ3) is 4.71. The summed E-state index contributed by atoms with van der Waals surface area (Å²) in [5.74, 6) is 0.436. The lowest BCUT2D eigenvalue weighted by atomic mass is 10.1. The molecule has 0 fully saturated rings. The van der Waals surface area contributed by atoms with E-state index in [1.807, 2.05) is 32.1 Å². The smallest absolute Gasteiger partial charge is 0.139 e. The van der Waals surface area contributed by atoms with Crippen molar-refractivity contribution < 1.29 is 0 Å². The quantitative estimate of drug-likeness (QED) is 0.809. The summed E-state index contributed by atoms with van der Waals surface area (Å²) < 4.78 is 0. The van der Waals surface area contributed by atoms with Gasteiger partial charge in [-0.25, -0.2) is 4.98 Å². The van der Waals surface area contributed by atoms with Crippen molar-refractivity contribution in [2.45, 2.75) is 39.2 Å². The lowest BCUT2D eigenvalue weighted by molar-refractivity contribution is 0.654. The number of aromatic nitrogens is 1. The van der Waals surface area contributed by atoms with E-state index in [-0.39, 0.29) is 5.54 Å². The second-order valence-corrected chi connectivity index (χ2v) is 5.89. The summed E-state index contributed by atoms with van der Waals surface area (Å²) in [6.45, 7) is 8.12. The third-order valence-corrected chi connectivity index (χ3v) is 3.07. The summed E-state index contributed by atoms with van der Waals surface area (Å²) in [6.07, 6.45) is 5.64. The Bertz CT molecular complexity index is 422. The SMILES string of the molecule is CC(C)c1csc(/C(N)=C/C=C\C(C)(C)N)n1. The van der Waals surface area contributed by atoms with Crippen molar-refractivity contribution >= 4 is 17.0 Å². The number of nitrogens with two attached hydrogens (primary N) is 2. The first kappa shape index (κ1) is 13.9. The van der Waals surface area contributed by atoms with Crippen LogP contribution < -0.4 is 11.5 Å². The molecular formula is C13H21N3S. The zero-order valence-corrected chi connectivity index (χ0v) is 11.7. The lowest BCUT2D eigenvalue weighted by Gasteiger charge is -2.10. The molecule has 0 atom stereocenters. The summed E-state index contributed by atoms with van der Waals surface area (Å²) in [5.41, 5.74) is 13.2. The minimum absolute atomic E-state index is 0.317. The van der Waals surface area contributed by atoms with Crippen molar-refractivity contribution in [3.63, 3.8) is 0 Å². The van der Waals surface area contributed by atoms with Crippen LogP contribution in [0, 0.1) is 0 Å². The fourth-order valence-electron chi connectivity index (χ4n) is 1.15. The molecule has 17 heavy (non-hydrogen) atoms. The molecular weight excluding hydrogens is 230 g/mol. The van der Waals surface area contributed by atoms with Crippen LogP contribution in [-0.2, 0) is 0 Å². The van der Waals surface area contributed by atoms with E-state index in [1.54, 1.807) is 11.3 Å². The fraction of sp³-hybridized carbons (Fsp3) is 0.462. The van der Waals surface area contributed by atoms with Crippen LogP contribution in [-0.4, -0.2) is 10.5 Å². The zero-order valence-electron chi connectivity index (χ0n) is 10.9. The molecule has 1 heterocycles. The molecule has 0 aliphatic heterocycles. The molecule has 4 heteroatoms. The van der Waals surface area contributed by atoms with E-state index >= 15 is 0 Å². The van der Waals surface area contributed by atoms with E-state index in [1.165, 1.54) is 0 Å². The number of rotatable bonds is 4. The van der Waals surface area contributed by atoms with Crippen molar-refractivity contribution in [3.05, 3.63) is 34.3 Å². The molecule has 0 spiro atoms.